The molecule has 4 rings (SSSR count). The summed E-state index contributed by atoms with van der Waals surface area (Å²) in [6, 6.07) is 29.0. The molecule has 0 amide bonds. The van der Waals surface area contributed by atoms with Crippen molar-refractivity contribution in [1.29, 1.82) is 0 Å². The van der Waals surface area contributed by atoms with Crippen molar-refractivity contribution >= 4 is 33.5 Å². The maximum atomic E-state index is 10.4. The summed E-state index contributed by atoms with van der Waals surface area (Å²) < 4.78 is 0. The van der Waals surface area contributed by atoms with Gasteiger partial charge in [0.1, 0.15) is 5.69 Å². The van der Waals surface area contributed by atoms with Crippen LogP contribution in [0.15, 0.2) is 105 Å². The van der Waals surface area contributed by atoms with Crippen molar-refractivity contribution in [1.82, 2.24) is 0 Å². The van der Waals surface area contributed by atoms with Crippen molar-refractivity contribution < 1.29 is 37.8 Å². The number of hydrogen-bond donors (Lipinski definition) is 1. The largest absolute Gasteiger partial charge is 0.505 e. The minimum atomic E-state index is 0. The zero-order chi connectivity index (χ0) is 18.5. The van der Waals surface area contributed by atoms with E-state index in [1.165, 1.54) is 0 Å². The van der Waals surface area contributed by atoms with Gasteiger partial charge in [0.2, 0.25) is 0 Å². The molecule has 6 heteroatoms. The van der Waals surface area contributed by atoms with Crippen LogP contribution in [0.25, 0.3) is 10.8 Å². The molecule has 1 N–H and O–H groups in total. The Morgan fingerprint density at radius 1 is 0.643 bits per heavy atom. The van der Waals surface area contributed by atoms with Gasteiger partial charge in [-0.15, -0.1) is 23.3 Å². The number of benzene rings is 4. The zero-order valence-corrected chi connectivity index (χ0v) is 17.7. The fourth-order valence-electron chi connectivity index (χ4n) is 2.58. The maximum Gasteiger partial charge on any atom is 0.150 e. The topological polar surface area (TPSA) is 69.7 Å². The fraction of sp³-hybridized carbons (Fsp3) is 0. The molecule has 0 heterocycles. The van der Waals surface area contributed by atoms with E-state index in [1.807, 2.05) is 60.7 Å². The molecule has 0 saturated carbocycles. The second-order valence-electron chi connectivity index (χ2n) is 5.82. The van der Waals surface area contributed by atoms with Gasteiger partial charge in [-0.3, -0.25) is 0 Å². The van der Waals surface area contributed by atoms with Crippen LogP contribution in [-0.4, -0.2) is 5.11 Å². The van der Waals surface area contributed by atoms with Gasteiger partial charge in [-0.05, 0) is 35.0 Å². The monoisotopic (exact) mass is 440 g/mol. The third-order valence-electron chi connectivity index (χ3n) is 3.96. The van der Waals surface area contributed by atoms with Crippen LogP contribution in [-0.2, 0) is 32.7 Å². The fourth-order valence-corrected chi connectivity index (χ4v) is 2.58. The molecule has 0 bridgehead atoms. The average molecular weight is 440 g/mol. The van der Waals surface area contributed by atoms with Gasteiger partial charge in [0.15, 0.2) is 5.75 Å². The van der Waals surface area contributed by atoms with Crippen molar-refractivity contribution in [3.05, 3.63) is 91.0 Å². The van der Waals surface area contributed by atoms with E-state index in [0.29, 0.717) is 17.1 Å². The first-order valence-electron chi connectivity index (χ1n) is 8.40. The van der Waals surface area contributed by atoms with Crippen LogP contribution in [0, 0.1) is 6.07 Å². The molecule has 0 spiro atoms. The van der Waals surface area contributed by atoms with Crippen molar-refractivity contribution in [3.63, 3.8) is 0 Å². The SMILES string of the molecule is Oc1c(N=Nc2[c-]cc(N=Nc3ccccc3)cc2)ccc2ccccc12.[Y]. The van der Waals surface area contributed by atoms with Gasteiger partial charge in [-0.25, -0.2) is 5.11 Å². The van der Waals surface area contributed by atoms with Gasteiger partial charge in [-0.2, -0.15) is 16.3 Å². The molecular formula is C22H15N4OY-. The molecule has 0 unspecified atom stereocenters. The van der Waals surface area contributed by atoms with Crippen LogP contribution in [0.4, 0.5) is 22.7 Å². The Hall–Kier alpha value is -2.76. The van der Waals surface area contributed by atoms with Crippen LogP contribution in [0.3, 0.4) is 0 Å². The minimum absolute atomic E-state index is 0. The maximum absolute atomic E-state index is 10.4. The molecule has 0 atom stereocenters. The second-order valence-corrected chi connectivity index (χ2v) is 5.82. The third kappa shape index (κ3) is 4.74. The Labute approximate surface area is 187 Å². The predicted molar refractivity (Wildman–Crippen MR) is 106 cm³/mol. The number of fused-ring (bicyclic) bond motifs is 1. The van der Waals surface area contributed by atoms with Gasteiger partial charge < -0.3 is 5.11 Å². The van der Waals surface area contributed by atoms with Gasteiger partial charge in [-0.1, -0.05) is 48.5 Å². The van der Waals surface area contributed by atoms with E-state index < -0.39 is 0 Å². The van der Waals surface area contributed by atoms with Crippen LogP contribution in [0.1, 0.15) is 0 Å². The van der Waals surface area contributed by atoms with Gasteiger partial charge >= 0.3 is 0 Å². The number of phenolic OH excluding ortho intramolecular Hbond substituents is 1. The first kappa shape index (κ1) is 20.0. The molecule has 4 aromatic rings. The van der Waals surface area contributed by atoms with Crippen molar-refractivity contribution in [3.8, 4) is 5.75 Å². The van der Waals surface area contributed by atoms with E-state index in [-0.39, 0.29) is 38.5 Å². The first-order chi connectivity index (χ1) is 13.3. The molecule has 4 aromatic carbocycles. The summed E-state index contributed by atoms with van der Waals surface area (Å²) in [6.45, 7) is 0. The van der Waals surface area contributed by atoms with Crippen molar-refractivity contribution in [2.24, 2.45) is 20.5 Å². The molecule has 28 heavy (non-hydrogen) atoms. The Morgan fingerprint density at radius 2 is 1.39 bits per heavy atom. The minimum Gasteiger partial charge on any atom is -0.505 e. The number of hydrogen-bond acceptors (Lipinski definition) is 5. The van der Waals surface area contributed by atoms with E-state index >= 15 is 0 Å². The van der Waals surface area contributed by atoms with Gasteiger partial charge in [0.05, 0.1) is 5.69 Å². The molecule has 1 radical (unpaired) electrons. The van der Waals surface area contributed by atoms with E-state index in [0.717, 1.165) is 16.5 Å². The van der Waals surface area contributed by atoms with E-state index in [4.69, 9.17) is 0 Å². The van der Waals surface area contributed by atoms with E-state index in [1.54, 1.807) is 24.3 Å². The number of nitrogens with zero attached hydrogens (tertiary/aromatic N) is 4. The van der Waals surface area contributed by atoms with Crippen LogP contribution in [0.5, 0.6) is 5.75 Å². The number of aromatic hydroxyl groups is 1. The molecule has 0 aliphatic rings. The summed E-state index contributed by atoms with van der Waals surface area (Å²) in [4.78, 5) is 0. The van der Waals surface area contributed by atoms with Crippen LogP contribution in [0.2, 0.25) is 0 Å². The molecule has 5 nitrogen and oxygen atoms in total. The quantitative estimate of drug-likeness (QED) is 0.265. The standard InChI is InChI=1S/C22H15N4O.Y/c27-22-20-9-5-4-6-16(20)10-15-21(22)26-25-19-13-11-18(12-14-19)24-23-17-7-2-1-3-8-17;/h1-13,15,27H;/q-1;. The summed E-state index contributed by atoms with van der Waals surface area (Å²) in [7, 11) is 0. The van der Waals surface area contributed by atoms with Gasteiger partial charge in [0.25, 0.3) is 0 Å². The summed E-state index contributed by atoms with van der Waals surface area (Å²) in [5.74, 6) is 0.116. The van der Waals surface area contributed by atoms with Crippen LogP contribution < -0.4 is 0 Å². The zero-order valence-electron chi connectivity index (χ0n) is 14.9. The normalized spacial score (nSPS) is 11.1. The first-order valence-corrected chi connectivity index (χ1v) is 8.40. The molecule has 0 aliphatic heterocycles. The summed E-state index contributed by atoms with van der Waals surface area (Å²) in [5, 5.41) is 28.7. The molecule has 133 valence electrons. The Bertz CT molecular complexity index is 1130. The van der Waals surface area contributed by atoms with Crippen LogP contribution >= 0.6 is 0 Å². The Morgan fingerprint density at radius 3 is 2.18 bits per heavy atom. The summed E-state index contributed by atoms with van der Waals surface area (Å²) >= 11 is 0. The molecule has 0 fully saturated rings. The molecule has 0 saturated heterocycles. The Balaban J connectivity index is 0.00000225. The predicted octanol–water partition coefficient (Wildman–Crippen LogP) is 7.17. The van der Waals surface area contributed by atoms with Crippen molar-refractivity contribution in [2.45, 2.75) is 0 Å². The van der Waals surface area contributed by atoms with E-state index in [2.05, 4.69) is 26.5 Å². The molecular weight excluding hydrogens is 425 g/mol. The molecule has 0 aromatic heterocycles. The Kier molecular flexibility index (Phi) is 6.74. The summed E-state index contributed by atoms with van der Waals surface area (Å²) in [5.41, 5.74) is 2.41. The smallest absolute Gasteiger partial charge is 0.150 e. The second kappa shape index (κ2) is 9.44. The number of phenols is 1. The third-order valence-corrected chi connectivity index (χ3v) is 3.96. The van der Waals surface area contributed by atoms with Crippen molar-refractivity contribution in [2.75, 3.05) is 0 Å². The van der Waals surface area contributed by atoms with E-state index in [9.17, 15) is 5.11 Å². The summed E-state index contributed by atoms with van der Waals surface area (Å²) in [6.07, 6.45) is 0. The average Bonchev–Trinajstić information content (AvgIpc) is 2.73. The molecule has 0 aliphatic carbocycles. The van der Waals surface area contributed by atoms with Gasteiger partial charge in [0, 0.05) is 38.1 Å². The number of azo groups is 2. The number of rotatable bonds is 4.